The molecule has 42 heavy (non-hydrogen) atoms. The van der Waals surface area contributed by atoms with Crippen LogP contribution in [0.2, 0.25) is 0 Å². The zero-order valence-electron chi connectivity index (χ0n) is 24.6. The fourth-order valence-corrected chi connectivity index (χ4v) is 5.85. The smallest absolute Gasteiger partial charge is 0.274 e. The zero-order chi connectivity index (χ0) is 29.5. The predicted molar refractivity (Wildman–Crippen MR) is 161 cm³/mol. The minimum Gasteiger partial charge on any atom is -0.335 e. The number of likely N-dealkylation sites (N-methyl/N-ethyl adjacent to an activating group) is 1. The summed E-state index contributed by atoms with van der Waals surface area (Å²) in [4.78, 5) is 53.3. The molecule has 2 aliphatic rings. The van der Waals surface area contributed by atoms with Gasteiger partial charge in [-0.05, 0) is 76.1 Å². The van der Waals surface area contributed by atoms with Gasteiger partial charge in [0.2, 0.25) is 11.7 Å². The Kier molecular flexibility index (Phi) is 9.63. The lowest BCUT2D eigenvalue weighted by molar-refractivity contribution is -0.131. The van der Waals surface area contributed by atoms with Gasteiger partial charge in [0.15, 0.2) is 0 Å². The van der Waals surface area contributed by atoms with E-state index in [2.05, 4.69) is 32.7 Å². The molecule has 3 heterocycles. The molecule has 2 N–H and O–H groups in total. The van der Waals surface area contributed by atoms with Gasteiger partial charge < -0.3 is 20.4 Å². The van der Waals surface area contributed by atoms with Gasteiger partial charge >= 0.3 is 0 Å². The number of likely N-dealkylation sites (tertiary alicyclic amines) is 1. The highest BCUT2D eigenvalue weighted by Gasteiger charge is 2.35. The third kappa shape index (κ3) is 6.87. The van der Waals surface area contributed by atoms with E-state index in [0.717, 1.165) is 56.1 Å². The molecule has 1 aliphatic carbocycles. The van der Waals surface area contributed by atoms with E-state index >= 15 is 0 Å². The van der Waals surface area contributed by atoms with E-state index in [9.17, 15) is 14.4 Å². The number of nitrogens with one attached hydrogen (secondary N) is 2. The Hall–Kier alpha value is -4.05. The van der Waals surface area contributed by atoms with Gasteiger partial charge in [-0.1, -0.05) is 36.8 Å². The SMILES string of the molecule is CN[C@@H](C)C(=O)NC(C(=O)N1CCC[C@H]1CN(CCc1ccccc1)C(=O)c1cn2cccnc2n1)=C1CCCCC1. The predicted octanol–water partition coefficient (Wildman–Crippen LogP) is 3.35. The van der Waals surface area contributed by atoms with Crippen LogP contribution in [0.1, 0.15) is 67.9 Å². The maximum atomic E-state index is 14.1. The van der Waals surface area contributed by atoms with E-state index in [1.807, 2.05) is 34.2 Å². The molecule has 222 valence electrons. The molecule has 1 saturated carbocycles. The van der Waals surface area contributed by atoms with E-state index in [0.29, 0.717) is 43.2 Å². The van der Waals surface area contributed by atoms with Crippen LogP contribution in [-0.2, 0) is 16.0 Å². The molecule has 2 fully saturated rings. The standard InChI is InChI=1S/C32H41N7O3/c1-23(33-2)29(40)36-28(25-13-7-4-8-14-25)31(42)39-19-9-15-26(39)21-37(20-16-24-11-5-3-6-12-24)30(41)27-22-38-18-10-17-34-32(38)35-27/h3,5-6,10-12,17-18,22-23,26,33H,4,7-9,13-16,19-21H2,1-2H3,(H,36,40)/t23-,26-/m0/s1. The van der Waals surface area contributed by atoms with Gasteiger partial charge in [0.05, 0.1) is 6.04 Å². The molecule has 0 unspecified atom stereocenters. The van der Waals surface area contributed by atoms with E-state index < -0.39 is 6.04 Å². The first kappa shape index (κ1) is 29.4. The van der Waals surface area contributed by atoms with Crippen LogP contribution in [0.3, 0.4) is 0 Å². The summed E-state index contributed by atoms with van der Waals surface area (Å²) >= 11 is 0. The number of benzene rings is 1. The second-order valence-corrected chi connectivity index (χ2v) is 11.3. The van der Waals surface area contributed by atoms with Crippen LogP contribution in [0.5, 0.6) is 0 Å². The molecule has 10 nitrogen and oxygen atoms in total. The van der Waals surface area contributed by atoms with Crippen LogP contribution in [-0.4, -0.2) is 80.7 Å². The van der Waals surface area contributed by atoms with Crippen LogP contribution < -0.4 is 10.6 Å². The van der Waals surface area contributed by atoms with Crippen LogP contribution in [0.25, 0.3) is 5.78 Å². The number of hydrogen-bond donors (Lipinski definition) is 2. The van der Waals surface area contributed by atoms with Crippen molar-refractivity contribution in [2.45, 2.75) is 70.4 Å². The lowest BCUT2D eigenvalue weighted by Gasteiger charge is -2.32. The Balaban J connectivity index is 1.39. The van der Waals surface area contributed by atoms with Gasteiger partial charge in [-0.3, -0.25) is 18.8 Å². The fourth-order valence-electron chi connectivity index (χ4n) is 5.85. The topological polar surface area (TPSA) is 112 Å². The molecule has 2 atom stereocenters. The molecule has 2 aromatic heterocycles. The lowest BCUT2D eigenvalue weighted by Crippen LogP contribution is -2.49. The van der Waals surface area contributed by atoms with E-state index in [-0.39, 0.29) is 23.8 Å². The van der Waals surface area contributed by atoms with Crippen molar-refractivity contribution < 1.29 is 14.4 Å². The van der Waals surface area contributed by atoms with Crippen molar-refractivity contribution in [3.05, 3.63) is 77.5 Å². The number of carbonyl (C=O) groups excluding carboxylic acids is 3. The van der Waals surface area contributed by atoms with Gasteiger partial charge in [0.1, 0.15) is 11.4 Å². The quantitative estimate of drug-likeness (QED) is 0.361. The Morgan fingerprint density at radius 1 is 1.07 bits per heavy atom. The molecule has 0 bridgehead atoms. The van der Waals surface area contributed by atoms with Crippen LogP contribution in [0.4, 0.5) is 0 Å². The first-order valence-corrected chi connectivity index (χ1v) is 15.1. The van der Waals surface area contributed by atoms with Crippen LogP contribution in [0, 0.1) is 0 Å². The zero-order valence-corrected chi connectivity index (χ0v) is 24.6. The first-order valence-electron chi connectivity index (χ1n) is 15.1. The summed E-state index contributed by atoms with van der Waals surface area (Å²) in [6.07, 6.45) is 12.3. The van der Waals surface area contributed by atoms with Crippen LogP contribution in [0.15, 0.2) is 66.3 Å². The number of nitrogens with zero attached hydrogens (tertiary/aromatic N) is 5. The Labute approximate surface area is 247 Å². The Morgan fingerprint density at radius 3 is 2.60 bits per heavy atom. The van der Waals surface area contributed by atoms with Crippen LogP contribution >= 0.6 is 0 Å². The number of allylic oxidation sites excluding steroid dienone is 1. The number of carbonyl (C=O) groups is 3. The van der Waals surface area contributed by atoms with Gasteiger partial charge in [0.25, 0.3) is 11.8 Å². The molecule has 1 aromatic carbocycles. The number of aromatic nitrogens is 3. The highest BCUT2D eigenvalue weighted by Crippen LogP contribution is 2.28. The number of rotatable bonds is 10. The molecule has 5 rings (SSSR count). The molecule has 10 heteroatoms. The van der Waals surface area contributed by atoms with Crippen molar-refractivity contribution in [1.29, 1.82) is 0 Å². The van der Waals surface area contributed by atoms with Gasteiger partial charge in [-0.15, -0.1) is 0 Å². The first-order chi connectivity index (χ1) is 20.4. The lowest BCUT2D eigenvalue weighted by atomic mass is 9.92. The average molecular weight is 572 g/mol. The second kappa shape index (κ2) is 13.7. The minimum absolute atomic E-state index is 0.140. The van der Waals surface area contributed by atoms with E-state index in [1.54, 1.807) is 36.8 Å². The van der Waals surface area contributed by atoms with Crippen molar-refractivity contribution in [1.82, 2.24) is 34.8 Å². The highest BCUT2D eigenvalue weighted by atomic mass is 16.2. The summed E-state index contributed by atoms with van der Waals surface area (Å²) in [5, 5.41) is 5.95. The summed E-state index contributed by atoms with van der Waals surface area (Å²) in [6, 6.07) is 11.3. The summed E-state index contributed by atoms with van der Waals surface area (Å²) in [6.45, 7) is 3.26. The molecule has 3 amide bonds. The largest absolute Gasteiger partial charge is 0.335 e. The molecular weight excluding hydrogens is 530 g/mol. The molecule has 1 aliphatic heterocycles. The highest BCUT2D eigenvalue weighted by molar-refractivity contribution is 5.99. The number of imidazole rings is 1. The summed E-state index contributed by atoms with van der Waals surface area (Å²) < 4.78 is 1.74. The number of amides is 3. The molecule has 1 saturated heterocycles. The van der Waals surface area contributed by atoms with Gasteiger partial charge in [-0.25, -0.2) is 9.97 Å². The van der Waals surface area contributed by atoms with Crippen molar-refractivity contribution in [3.63, 3.8) is 0 Å². The summed E-state index contributed by atoms with van der Waals surface area (Å²) in [7, 11) is 1.73. The van der Waals surface area contributed by atoms with Crippen molar-refractivity contribution in [2.75, 3.05) is 26.7 Å². The van der Waals surface area contributed by atoms with Crippen molar-refractivity contribution >= 4 is 23.5 Å². The second-order valence-electron chi connectivity index (χ2n) is 11.3. The maximum absolute atomic E-state index is 14.1. The van der Waals surface area contributed by atoms with Gasteiger partial charge in [-0.2, -0.15) is 0 Å². The summed E-state index contributed by atoms with van der Waals surface area (Å²) in [5.74, 6) is -0.0669. The normalized spacial score (nSPS) is 17.7. The Bertz CT molecular complexity index is 1390. The third-order valence-electron chi connectivity index (χ3n) is 8.42. The van der Waals surface area contributed by atoms with E-state index in [1.165, 1.54) is 0 Å². The average Bonchev–Trinajstić information content (AvgIpc) is 3.69. The third-order valence-corrected chi connectivity index (χ3v) is 8.42. The fraction of sp³-hybridized carbons (Fsp3) is 0.469. The molecule has 0 radical (unpaired) electrons. The van der Waals surface area contributed by atoms with Gasteiger partial charge in [0, 0.05) is 44.3 Å². The van der Waals surface area contributed by atoms with Crippen molar-refractivity contribution in [2.24, 2.45) is 0 Å². The number of hydrogen-bond acceptors (Lipinski definition) is 6. The maximum Gasteiger partial charge on any atom is 0.274 e. The monoisotopic (exact) mass is 571 g/mol. The molecule has 3 aromatic rings. The summed E-state index contributed by atoms with van der Waals surface area (Å²) in [5.41, 5.74) is 2.93. The van der Waals surface area contributed by atoms with E-state index in [4.69, 9.17) is 0 Å². The minimum atomic E-state index is -0.419. The number of fused-ring (bicyclic) bond motifs is 1. The molecule has 0 spiro atoms. The van der Waals surface area contributed by atoms with Crippen molar-refractivity contribution in [3.8, 4) is 0 Å². The Morgan fingerprint density at radius 2 is 1.86 bits per heavy atom. The molecular formula is C32H41N7O3.